The minimum absolute atomic E-state index is 0.162. The standard InChI is InChI=1S/C30H38N2O7/c1-29(2,3)39-28(34)32-24(18-38-30(32,4)5)26(33)23-16-21-22(31-23)14-20(27-35-12-9-13-36-27)15-25(21)37-17-19-10-7-6-8-11-19/h6-8,10-11,14-16,24,26-27,31,33H,9,12-13,17-18H2,1-5H3/t24-,26-/m0/s1. The van der Waals surface area contributed by atoms with Gasteiger partial charge in [-0.2, -0.15) is 0 Å². The van der Waals surface area contributed by atoms with Gasteiger partial charge in [-0.25, -0.2) is 4.79 Å². The van der Waals surface area contributed by atoms with Crippen molar-refractivity contribution in [3.8, 4) is 5.75 Å². The molecule has 0 spiro atoms. The number of benzene rings is 2. The van der Waals surface area contributed by atoms with Gasteiger partial charge >= 0.3 is 6.09 Å². The number of aliphatic hydroxyl groups is 1. The molecule has 2 aliphatic rings. The monoisotopic (exact) mass is 538 g/mol. The summed E-state index contributed by atoms with van der Waals surface area (Å²) in [5.41, 5.74) is 1.55. The van der Waals surface area contributed by atoms with Gasteiger partial charge in [0.2, 0.25) is 0 Å². The number of carbonyl (C=O) groups excluding carboxylic acids is 1. The third-order valence-corrected chi connectivity index (χ3v) is 6.87. The molecule has 9 heteroatoms. The summed E-state index contributed by atoms with van der Waals surface area (Å²) in [5, 5.41) is 12.3. The maximum atomic E-state index is 13.1. The summed E-state index contributed by atoms with van der Waals surface area (Å²) in [6, 6.07) is 15.0. The van der Waals surface area contributed by atoms with Gasteiger partial charge in [-0.3, -0.25) is 4.90 Å². The van der Waals surface area contributed by atoms with Crippen molar-refractivity contribution in [2.45, 2.75) is 77.4 Å². The second-order valence-corrected chi connectivity index (χ2v) is 11.5. The molecule has 210 valence electrons. The van der Waals surface area contributed by atoms with E-state index in [0.29, 0.717) is 31.3 Å². The summed E-state index contributed by atoms with van der Waals surface area (Å²) in [6.07, 6.45) is -1.24. The zero-order chi connectivity index (χ0) is 27.8. The molecule has 2 aromatic carbocycles. The van der Waals surface area contributed by atoms with Gasteiger partial charge in [0.25, 0.3) is 0 Å². The highest BCUT2D eigenvalue weighted by molar-refractivity contribution is 5.88. The number of hydrogen-bond acceptors (Lipinski definition) is 7. The van der Waals surface area contributed by atoms with Crippen LogP contribution in [0.2, 0.25) is 0 Å². The van der Waals surface area contributed by atoms with E-state index < -0.39 is 35.9 Å². The van der Waals surface area contributed by atoms with Crippen LogP contribution in [-0.4, -0.2) is 58.3 Å². The predicted octanol–water partition coefficient (Wildman–Crippen LogP) is 5.59. The fourth-order valence-electron chi connectivity index (χ4n) is 5.02. The minimum atomic E-state index is -1.06. The number of aliphatic hydroxyl groups excluding tert-OH is 1. The quantitative estimate of drug-likeness (QED) is 0.422. The van der Waals surface area contributed by atoms with Gasteiger partial charge in [-0.05, 0) is 64.8 Å². The Balaban J connectivity index is 1.47. The second-order valence-electron chi connectivity index (χ2n) is 11.5. The largest absolute Gasteiger partial charge is 0.488 e. The highest BCUT2D eigenvalue weighted by atomic mass is 16.7. The molecule has 2 fully saturated rings. The number of aromatic nitrogens is 1. The Morgan fingerprint density at radius 3 is 2.56 bits per heavy atom. The van der Waals surface area contributed by atoms with Crippen molar-refractivity contribution < 1.29 is 33.6 Å². The Hall–Kier alpha value is -3.11. The lowest BCUT2D eigenvalue weighted by Gasteiger charge is -2.36. The zero-order valence-corrected chi connectivity index (χ0v) is 23.2. The molecule has 2 atom stereocenters. The normalized spacial score (nSPS) is 20.8. The molecule has 9 nitrogen and oxygen atoms in total. The Morgan fingerprint density at radius 1 is 1.15 bits per heavy atom. The first-order chi connectivity index (χ1) is 18.5. The van der Waals surface area contributed by atoms with Gasteiger partial charge in [0.05, 0.1) is 25.9 Å². The van der Waals surface area contributed by atoms with Crippen LogP contribution in [0.5, 0.6) is 5.75 Å². The SMILES string of the molecule is CC(C)(C)OC(=O)N1[C@H]([C@@H](O)c2cc3c(OCc4ccccc4)cc(C4OCCCO4)cc3[nH]2)COC1(C)C. The zero-order valence-electron chi connectivity index (χ0n) is 23.2. The molecular weight excluding hydrogens is 500 g/mol. The third-order valence-electron chi connectivity index (χ3n) is 6.87. The second kappa shape index (κ2) is 10.8. The Morgan fingerprint density at radius 2 is 1.87 bits per heavy atom. The van der Waals surface area contributed by atoms with Crippen molar-refractivity contribution in [1.29, 1.82) is 0 Å². The summed E-state index contributed by atoms with van der Waals surface area (Å²) < 4.78 is 29.6. The van der Waals surface area contributed by atoms with Gasteiger partial charge in [0.1, 0.15) is 29.8 Å². The lowest BCUT2D eigenvalue weighted by Crippen LogP contribution is -2.51. The average Bonchev–Trinajstić information content (AvgIpc) is 3.47. The molecular formula is C30H38N2O7. The smallest absolute Gasteiger partial charge is 0.413 e. The number of carbonyl (C=O) groups is 1. The van der Waals surface area contributed by atoms with Crippen molar-refractivity contribution in [3.63, 3.8) is 0 Å². The number of rotatable bonds is 6. The van der Waals surface area contributed by atoms with Crippen LogP contribution in [0.4, 0.5) is 4.79 Å². The molecule has 3 aromatic rings. The number of H-pyrrole nitrogens is 1. The number of fused-ring (bicyclic) bond motifs is 1. The van der Waals surface area contributed by atoms with Crippen molar-refractivity contribution in [2.24, 2.45) is 0 Å². The molecule has 5 rings (SSSR count). The number of nitrogens with zero attached hydrogens (tertiary/aromatic N) is 1. The van der Waals surface area contributed by atoms with Crippen LogP contribution in [0.1, 0.15) is 70.3 Å². The van der Waals surface area contributed by atoms with Gasteiger partial charge in [0, 0.05) is 22.2 Å². The van der Waals surface area contributed by atoms with Gasteiger partial charge in [-0.15, -0.1) is 0 Å². The molecule has 2 aliphatic heterocycles. The van der Waals surface area contributed by atoms with Crippen LogP contribution >= 0.6 is 0 Å². The molecule has 0 bridgehead atoms. The summed E-state index contributed by atoms with van der Waals surface area (Å²) in [7, 11) is 0. The van der Waals surface area contributed by atoms with E-state index in [4.69, 9.17) is 23.7 Å². The Bertz CT molecular complexity index is 1290. The molecule has 39 heavy (non-hydrogen) atoms. The first-order valence-electron chi connectivity index (χ1n) is 13.4. The van der Waals surface area contributed by atoms with Crippen molar-refractivity contribution >= 4 is 17.0 Å². The van der Waals surface area contributed by atoms with Crippen LogP contribution in [0.15, 0.2) is 48.5 Å². The molecule has 1 aromatic heterocycles. The van der Waals surface area contributed by atoms with E-state index in [1.54, 1.807) is 13.8 Å². The van der Waals surface area contributed by atoms with Crippen molar-refractivity contribution in [2.75, 3.05) is 19.8 Å². The third kappa shape index (κ3) is 6.06. The molecule has 0 radical (unpaired) electrons. The topological polar surface area (TPSA) is 102 Å². The van der Waals surface area contributed by atoms with Crippen molar-refractivity contribution in [3.05, 3.63) is 65.4 Å². The Labute approximate surface area is 228 Å². The van der Waals surface area contributed by atoms with E-state index in [9.17, 15) is 9.90 Å². The predicted molar refractivity (Wildman–Crippen MR) is 145 cm³/mol. The molecule has 2 N–H and O–H groups in total. The van der Waals surface area contributed by atoms with Crippen molar-refractivity contribution in [1.82, 2.24) is 9.88 Å². The summed E-state index contributed by atoms with van der Waals surface area (Å²) >= 11 is 0. The number of amides is 1. The maximum Gasteiger partial charge on any atom is 0.413 e. The summed E-state index contributed by atoms with van der Waals surface area (Å²) in [4.78, 5) is 18.0. The lowest BCUT2D eigenvalue weighted by atomic mass is 10.1. The molecule has 0 saturated carbocycles. The molecule has 3 heterocycles. The number of nitrogens with one attached hydrogen (secondary N) is 1. The first kappa shape index (κ1) is 27.5. The minimum Gasteiger partial charge on any atom is -0.488 e. The molecule has 0 unspecified atom stereocenters. The highest BCUT2D eigenvalue weighted by Gasteiger charge is 2.49. The molecule has 2 saturated heterocycles. The van der Waals surface area contributed by atoms with E-state index >= 15 is 0 Å². The number of ether oxygens (including phenoxy) is 5. The van der Waals surface area contributed by atoms with E-state index in [1.807, 2.05) is 69.3 Å². The fourth-order valence-corrected chi connectivity index (χ4v) is 5.02. The van der Waals surface area contributed by atoms with Gasteiger partial charge < -0.3 is 33.8 Å². The van der Waals surface area contributed by atoms with E-state index in [-0.39, 0.29) is 6.61 Å². The van der Waals surface area contributed by atoms with Gasteiger partial charge in [0.15, 0.2) is 6.29 Å². The van der Waals surface area contributed by atoms with Crippen LogP contribution in [0.3, 0.4) is 0 Å². The maximum absolute atomic E-state index is 13.1. The highest BCUT2D eigenvalue weighted by Crippen LogP contribution is 2.39. The van der Waals surface area contributed by atoms with Gasteiger partial charge in [-0.1, -0.05) is 30.3 Å². The van der Waals surface area contributed by atoms with E-state index in [2.05, 4.69) is 4.98 Å². The summed E-state index contributed by atoms with van der Waals surface area (Å²) in [5.74, 6) is 0.644. The molecule has 1 amide bonds. The van der Waals surface area contributed by atoms with E-state index in [0.717, 1.165) is 28.5 Å². The van der Waals surface area contributed by atoms with Crippen LogP contribution < -0.4 is 4.74 Å². The van der Waals surface area contributed by atoms with Crippen LogP contribution in [-0.2, 0) is 25.6 Å². The number of aromatic amines is 1. The molecule has 0 aliphatic carbocycles. The average molecular weight is 539 g/mol. The van der Waals surface area contributed by atoms with Crippen LogP contribution in [0, 0.1) is 0 Å². The summed E-state index contributed by atoms with van der Waals surface area (Å²) in [6.45, 7) is 10.8. The Kier molecular flexibility index (Phi) is 7.61. The fraction of sp³-hybridized carbons (Fsp3) is 0.500. The first-order valence-corrected chi connectivity index (χ1v) is 13.4. The number of hydrogen-bond donors (Lipinski definition) is 2. The van der Waals surface area contributed by atoms with Crippen LogP contribution in [0.25, 0.3) is 10.9 Å². The van der Waals surface area contributed by atoms with E-state index in [1.165, 1.54) is 4.90 Å². The lowest BCUT2D eigenvalue weighted by molar-refractivity contribution is -0.183.